The van der Waals surface area contributed by atoms with E-state index in [1.54, 1.807) is 0 Å². The molecule has 0 radical (unpaired) electrons. The van der Waals surface area contributed by atoms with Gasteiger partial charge in [-0.15, -0.1) is 0 Å². The van der Waals surface area contributed by atoms with Crippen molar-refractivity contribution >= 4 is 9.84 Å². The Kier molecular flexibility index (Phi) is 5.76. The van der Waals surface area contributed by atoms with Crippen LogP contribution in [0.4, 0.5) is 0 Å². The third-order valence-corrected chi connectivity index (χ3v) is 4.74. The first-order chi connectivity index (χ1) is 7.53. The smallest absolute Gasteiger partial charge is 0.147 e. The first-order valence-corrected chi connectivity index (χ1v) is 8.47. The van der Waals surface area contributed by atoms with Crippen molar-refractivity contribution in [2.45, 2.75) is 44.9 Å². The largest absolute Gasteiger partial charge is 0.330 e. The van der Waals surface area contributed by atoms with Gasteiger partial charge >= 0.3 is 0 Å². The van der Waals surface area contributed by atoms with E-state index >= 15 is 0 Å². The molecule has 0 aromatic carbocycles. The maximum absolute atomic E-state index is 11.1. The second-order valence-electron chi connectivity index (χ2n) is 5.17. The average molecular weight is 247 g/mol. The van der Waals surface area contributed by atoms with Crippen LogP contribution < -0.4 is 5.73 Å². The summed E-state index contributed by atoms with van der Waals surface area (Å²) in [4.78, 5) is 0. The van der Waals surface area contributed by atoms with Crippen LogP contribution >= 0.6 is 0 Å². The second-order valence-corrected chi connectivity index (χ2v) is 7.43. The van der Waals surface area contributed by atoms with E-state index in [4.69, 9.17) is 5.73 Å². The van der Waals surface area contributed by atoms with E-state index in [2.05, 4.69) is 0 Å². The van der Waals surface area contributed by atoms with Gasteiger partial charge in [0.05, 0.1) is 0 Å². The van der Waals surface area contributed by atoms with Crippen molar-refractivity contribution < 1.29 is 8.42 Å². The Morgan fingerprint density at radius 2 is 1.75 bits per heavy atom. The first-order valence-electron chi connectivity index (χ1n) is 6.40. The Bertz CT molecular complexity index is 287. The highest BCUT2D eigenvalue weighted by Crippen LogP contribution is 2.31. The van der Waals surface area contributed by atoms with Gasteiger partial charge in [0.1, 0.15) is 9.84 Å². The zero-order valence-electron chi connectivity index (χ0n) is 10.3. The summed E-state index contributed by atoms with van der Waals surface area (Å²) in [6.45, 7) is 0.767. The number of rotatable bonds is 5. The molecule has 1 rings (SSSR count). The molecule has 0 spiro atoms. The summed E-state index contributed by atoms with van der Waals surface area (Å²) in [5.41, 5.74) is 5.80. The number of nitrogens with two attached hydrogens (primary N) is 1. The van der Waals surface area contributed by atoms with E-state index in [1.807, 2.05) is 0 Å². The molecule has 1 aliphatic carbocycles. The third-order valence-electron chi connectivity index (χ3n) is 3.71. The van der Waals surface area contributed by atoms with E-state index in [9.17, 15) is 8.42 Å². The normalized spacial score (nSPS) is 27.6. The summed E-state index contributed by atoms with van der Waals surface area (Å²) >= 11 is 0. The topological polar surface area (TPSA) is 60.2 Å². The first kappa shape index (κ1) is 14.0. The molecule has 1 fully saturated rings. The van der Waals surface area contributed by atoms with Gasteiger partial charge in [0.15, 0.2) is 0 Å². The van der Waals surface area contributed by atoms with Crippen molar-refractivity contribution in [3.63, 3.8) is 0 Å². The zero-order valence-corrected chi connectivity index (χ0v) is 11.1. The molecule has 0 aliphatic heterocycles. The lowest BCUT2D eigenvalue weighted by Gasteiger charge is -2.23. The fraction of sp³-hybridized carbons (Fsp3) is 1.00. The minimum atomic E-state index is -2.79. The molecule has 0 aromatic rings. The Morgan fingerprint density at radius 3 is 2.31 bits per heavy atom. The number of sulfone groups is 1. The van der Waals surface area contributed by atoms with E-state index in [-0.39, 0.29) is 0 Å². The van der Waals surface area contributed by atoms with Crippen molar-refractivity contribution in [3.05, 3.63) is 0 Å². The summed E-state index contributed by atoms with van der Waals surface area (Å²) in [6.07, 6.45) is 9.55. The third kappa shape index (κ3) is 5.30. The summed E-state index contributed by atoms with van der Waals surface area (Å²) in [7, 11) is -2.79. The minimum Gasteiger partial charge on any atom is -0.330 e. The quantitative estimate of drug-likeness (QED) is 0.756. The van der Waals surface area contributed by atoms with Gasteiger partial charge < -0.3 is 5.73 Å². The van der Waals surface area contributed by atoms with Crippen LogP contribution in [0.15, 0.2) is 0 Å². The summed E-state index contributed by atoms with van der Waals surface area (Å²) < 4.78 is 22.1. The molecule has 3 nitrogen and oxygen atoms in total. The number of hydrogen-bond donors (Lipinski definition) is 1. The summed E-state index contributed by atoms with van der Waals surface area (Å²) in [5.74, 6) is 1.62. The molecule has 96 valence electrons. The van der Waals surface area contributed by atoms with Crippen LogP contribution in [-0.2, 0) is 9.84 Å². The Morgan fingerprint density at radius 1 is 1.12 bits per heavy atom. The highest BCUT2D eigenvalue weighted by molar-refractivity contribution is 7.90. The Hall–Kier alpha value is -0.0900. The second kappa shape index (κ2) is 6.60. The van der Waals surface area contributed by atoms with Gasteiger partial charge in [0.25, 0.3) is 0 Å². The van der Waals surface area contributed by atoms with Gasteiger partial charge in [-0.3, -0.25) is 0 Å². The van der Waals surface area contributed by atoms with Gasteiger partial charge in [0, 0.05) is 12.0 Å². The lowest BCUT2D eigenvalue weighted by atomic mass is 9.85. The molecule has 1 aliphatic rings. The predicted octanol–water partition coefficient (Wildman–Crippen LogP) is 1.97. The van der Waals surface area contributed by atoms with Crippen LogP contribution in [-0.4, -0.2) is 27.0 Å². The van der Waals surface area contributed by atoms with Crippen LogP contribution in [0.1, 0.15) is 44.9 Å². The van der Waals surface area contributed by atoms with Crippen LogP contribution in [0.3, 0.4) is 0 Å². The lowest BCUT2D eigenvalue weighted by molar-refractivity contribution is 0.299. The van der Waals surface area contributed by atoms with Gasteiger partial charge in [-0.25, -0.2) is 8.42 Å². The molecule has 0 bridgehead atoms. The van der Waals surface area contributed by atoms with Crippen LogP contribution in [0.5, 0.6) is 0 Å². The average Bonchev–Trinajstić information content (AvgIpc) is 2.41. The monoisotopic (exact) mass is 247 g/mol. The number of hydrogen-bond acceptors (Lipinski definition) is 3. The molecule has 2 N–H and O–H groups in total. The Labute approximate surface area is 99.7 Å². The fourth-order valence-corrected chi connectivity index (χ4v) is 3.45. The highest BCUT2D eigenvalue weighted by Gasteiger charge is 2.22. The van der Waals surface area contributed by atoms with Crippen molar-refractivity contribution in [2.24, 2.45) is 17.6 Å². The van der Waals surface area contributed by atoms with Gasteiger partial charge in [-0.2, -0.15) is 0 Å². The van der Waals surface area contributed by atoms with Gasteiger partial charge in [0.2, 0.25) is 0 Å². The molecule has 2 unspecified atom stereocenters. The van der Waals surface area contributed by atoms with Crippen LogP contribution in [0.2, 0.25) is 0 Å². The molecule has 2 atom stereocenters. The molecular formula is C12H25NO2S. The highest BCUT2D eigenvalue weighted by atomic mass is 32.2. The zero-order chi connectivity index (χ0) is 12.0. The van der Waals surface area contributed by atoms with E-state index in [0.717, 1.165) is 19.4 Å². The van der Waals surface area contributed by atoms with Crippen molar-refractivity contribution in [3.8, 4) is 0 Å². The van der Waals surface area contributed by atoms with Crippen molar-refractivity contribution in [2.75, 3.05) is 18.6 Å². The molecule has 1 saturated carbocycles. The Balaban J connectivity index is 2.37. The fourth-order valence-electron chi connectivity index (χ4n) is 2.76. The van der Waals surface area contributed by atoms with E-state index in [0.29, 0.717) is 17.6 Å². The molecule has 0 aromatic heterocycles. The standard InChI is InChI=1S/C12H25NO2S/c1-16(14,15)9-5-8-11-6-3-2-4-7-12(11)10-13/h11-12H,2-10,13H2,1H3. The lowest BCUT2D eigenvalue weighted by Crippen LogP contribution is -2.23. The molecule has 4 heteroatoms. The SMILES string of the molecule is CS(=O)(=O)CCCC1CCCCCC1CN. The molecule has 0 amide bonds. The van der Waals surface area contributed by atoms with Gasteiger partial charge in [-0.05, 0) is 37.6 Å². The summed E-state index contributed by atoms with van der Waals surface area (Å²) in [5, 5.41) is 0. The van der Waals surface area contributed by atoms with Crippen molar-refractivity contribution in [1.82, 2.24) is 0 Å². The van der Waals surface area contributed by atoms with Crippen molar-refractivity contribution in [1.29, 1.82) is 0 Å². The van der Waals surface area contributed by atoms with E-state index in [1.165, 1.54) is 38.4 Å². The minimum absolute atomic E-state index is 0.334. The molecule has 0 heterocycles. The van der Waals surface area contributed by atoms with E-state index < -0.39 is 9.84 Å². The summed E-state index contributed by atoms with van der Waals surface area (Å²) in [6, 6.07) is 0. The predicted molar refractivity (Wildman–Crippen MR) is 68.1 cm³/mol. The maximum Gasteiger partial charge on any atom is 0.147 e. The van der Waals surface area contributed by atoms with Crippen LogP contribution in [0.25, 0.3) is 0 Å². The van der Waals surface area contributed by atoms with Gasteiger partial charge in [-0.1, -0.05) is 25.7 Å². The molecular weight excluding hydrogens is 222 g/mol. The maximum atomic E-state index is 11.1. The van der Waals surface area contributed by atoms with Crippen LogP contribution in [0, 0.1) is 11.8 Å². The molecule has 16 heavy (non-hydrogen) atoms. The molecule has 0 saturated heterocycles.